The Hall–Kier alpha value is -1.94. The molecule has 1 aliphatic rings. The van der Waals surface area contributed by atoms with Gasteiger partial charge < -0.3 is 15.0 Å². The van der Waals surface area contributed by atoms with Gasteiger partial charge in [0.15, 0.2) is 16.4 Å². The molecule has 1 N–H and O–H groups in total. The standard InChI is InChI=1S/C18H26N2O6S2/c1-2-3-8-20(15-6-10-28(24,25)13-15)16(21)11-26-17(22)4-7-19-18(23)14-5-9-27-12-14/h5,9,12,15H,2-4,6-8,10-11,13H2,1H3,(H,19,23). The van der Waals surface area contributed by atoms with Crippen LogP contribution in [0.4, 0.5) is 0 Å². The van der Waals surface area contributed by atoms with Crippen molar-refractivity contribution in [2.75, 3.05) is 31.2 Å². The summed E-state index contributed by atoms with van der Waals surface area (Å²) in [4.78, 5) is 37.6. The van der Waals surface area contributed by atoms with Crippen molar-refractivity contribution in [1.29, 1.82) is 0 Å². The van der Waals surface area contributed by atoms with Gasteiger partial charge in [-0.1, -0.05) is 13.3 Å². The average Bonchev–Trinajstić information content (AvgIpc) is 3.30. The molecule has 1 fully saturated rings. The summed E-state index contributed by atoms with van der Waals surface area (Å²) in [7, 11) is -3.11. The number of nitrogens with one attached hydrogen (secondary N) is 1. The van der Waals surface area contributed by atoms with E-state index in [0.29, 0.717) is 18.5 Å². The fourth-order valence-electron chi connectivity index (χ4n) is 2.93. The summed E-state index contributed by atoms with van der Waals surface area (Å²) in [5.74, 6) is -1.19. The van der Waals surface area contributed by atoms with E-state index >= 15 is 0 Å². The largest absolute Gasteiger partial charge is 0.456 e. The molecular weight excluding hydrogens is 404 g/mol. The van der Waals surface area contributed by atoms with Crippen molar-refractivity contribution in [2.24, 2.45) is 0 Å². The van der Waals surface area contributed by atoms with Crippen molar-refractivity contribution < 1.29 is 27.5 Å². The molecule has 0 aliphatic carbocycles. The van der Waals surface area contributed by atoms with Gasteiger partial charge in [0.05, 0.1) is 17.9 Å². The molecule has 2 amide bonds. The summed E-state index contributed by atoms with van der Waals surface area (Å²) in [5.41, 5.74) is 0.534. The lowest BCUT2D eigenvalue weighted by Crippen LogP contribution is -2.44. The van der Waals surface area contributed by atoms with Gasteiger partial charge in [-0.05, 0) is 24.3 Å². The molecule has 156 valence electrons. The zero-order chi connectivity index (χ0) is 20.6. The van der Waals surface area contributed by atoms with Crippen LogP contribution in [0.15, 0.2) is 16.8 Å². The van der Waals surface area contributed by atoms with Crippen molar-refractivity contribution in [1.82, 2.24) is 10.2 Å². The van der Waals surface area contributed by atoms with E-state index in [2.05, 4.69) is 5.32 Å². The maximum Gasteiger partial charge on any atom is 0.308 e. The number of carbonyl (C=O) groups excluding carboxylic acids is 3. The molecule has 28 heavy (non-hydrogen) atoms. The Balaban J connectivity index is 1.76. The predicted octanol–water partition coefficient (Wildman–Crippen LogP) is 1.23. The molecule has 2 heterocycles. The first-order valence-corrected chi connectivity index (χ1v) is 12.0. The topological polar surface area (TPSA) is 110 Å². The number of esters is 1. The first kappa shape index (κ1) is 22.4. The van der Waals surface area contributed by atoms with Crippen LogP contribution >= 0.6 is 11.3 Å². The van der Waals surface area contributed by atoms with Crippen molar-refractivity contribution in [3.63, 3.8) is 0 Å². The monoisotopic (exact) mass is 430 g/mol. The fraction of sp³-hybridized carbons (Fsp3) is 0.611. The van der Waals surface area contributed by atoms with E-state index in [1.807, 2.05) is 6.92 Å². The van der Waals surface area contributed by atoms with Gasteiger partial charge in [0.25, 0.3) is 11.8 Å². The molecule has 1 aromatic rings. The summed E-state index contributed by atoms with van der Waals surface area (Å²) < 4.78 is 28.4. The number of hydrogen-bond donors (Lipinski definition) is 1. The van der Waals surface area contributed by atoms with E-state index in [9.17, 15) is 22.8 Å². The molecule has 1 saturated heterocycles. The number of ether oxygens (including phenoxy) is 1. The van der Waals surface area contributed by atoms with E-state index in [0.717, 1.165) is 12.8 Å². The van der Waals surface area contributed by atoms with Crippen LogP contribution in [0, 0.1) is 0 Å². The zero-order valence-electron chi connectivity index (χ0n) is 15.9. The quantitative estimate of drug-likeness (QED) is 0.559. The number of carbonyl (C=O) groups is 3. The zero-order valence-corrected chi connectivity index (χ0v) is 17.5. The third-order valence-corrected chi connectivity index (χ3v) is 6.91. The van der Waals surface area contributed by atoms with Gasteiger partial charge >= 0.3 is 5.97 Å². The van der Waals surface area contributed by atoms with Gasteiger partial charge in [0.2, 0.25) is 0 Å². The molecule has 1 atom stereocenters. The number of unbranched alkanes of at least 4 members (excludes halogenated alkanes) is 1. The van der Waals surface area contributed by atoms with E-state index in [1.54, 1.807) is 16.8 Å². The van der Waals surface area contributed by atoms with Crippen LogP contribution < -0.4 is 5.32 Å². The summed E-state index contributed by atoms with van der Waals surface area (Å²) in [5, 5.41) is 6.11. The molecule has 0 aromatic carbocycles. The minimum atomic E-state index is -3.11. The molecule has 2 rings (SSSR count). The van der Waals surface area contributed by atoms with Crippen LogP contribution in [0.25, 0.3) is 0 Å². The third-order valence-electron chi connectivity index (χ3n) is 4.48. The SMILES string of the molecule is CCCCN(C(=O)COC(=O)CCNC(=O)c1ccsc1)C1CCS(=O)(=O)C1. The van der Waals surface area contributed by atoms with Crippen LogP contribution in [0.5, 0.6) is 0 Å². The Morgan fingerprint density at radius 1 is 1.36 bits per heavy atom. The summed E-state index contributed by atoms with van der Waals surface area (Å²) in [6.45, 7) is 2.13. The molecule has 0 bridgehead atoms. The second kappa shape index (κ2) is 10.6. The number of thiophene rings is 1. The summed E-state index contributed by atoms with van der Waals surface area (Å²) in [6.07, 6.45) is 1.99. The Kier molecular flexibility index (Phi) is 8.43. The van der Waals surface area contributed by atoms with E-state index in [-0.39, 0.29) is 42.3 Å². The Morgan fingerprint density at radius 2 is 2.14 bits per heavy atom. The van der Waals surface area contributed by atoms with Gasteiger partial charge in [0.1, 0.15) is 0 Å². The van der Waals surface area contributed by atoms with Crippen LogP contribution in [0.1, 0.15) is 43.0 Å². The molecule has 1 aliphatic heterocycles. The van der Waals surface area contributed by atoms with Crippen LogP contribution in [0.3, 0.4) is 0 Å². The molecule has 0 saturated carbocycles. The molecule has 8 nitrogen and oxygen atoms in total. The Morgan fingerprint density at radius 3 is 2.75 bits per heavy atom. The molecule has 0 radical (unpaired) electrons. The maximum atomic E-state index is 12.5. The molecule has 1 aromatic heterocycles. The molecule has 10 heteroatoms. The van der Waals surface area contributed by atoms with E-state index in [1.165, 1.54) is 16.2 Å². The van der Waals surface area contributed by atoms with Gasteiger partial charge in [-0.2, -0.15) is 11.3 Å². The van der Waals surface area contributed by atoms with Gasteiger partial charge in [0, 0.05) is 30.1 Å². The van der Waals surface area contributed by atoms with Gasteiger partial charge in [-0.3, -0.25) is 14.4 Å². The maximum absolute atomic E-state index is 12.5. The van der Waals surface area contributed by atoms with Crippen molar-refractivity contribution in [2.45, 2.75) is 38.6 Å². The Labute approximate surface area is 169 Å². The lowest BCUT2D eigenvalue weighted by atomic mass is 10.2. The van der Waals surface area contributed by atoms with Crippen LogP contribution in [-0.2, 0) is 24.2 Å². The highest BCUT2D eigenvalue weighted by molar-refractivity contribution is 7.91. The highest BCUT2D eigenvalue weighted by Crippen LogP contribution is 2.18. The highest BCUT2D eigenvalue weighted by Gasteiger charge is 2.34. The minimum absolute atomic E-state index is 0.0367. The number of rotatable bonds is 10. The Bertz CT molecular complexity index is 776. The first-order valence-electron chi connectivity index (χ1n) is 9.28. The van der Waals surface area contributed by atoms with E-state index < -0.39 is 22.4 Å². The predicted molar refractivity (Wildman–Crippen MR) is 106 cm³/mol. The normalized spacial score (nSPS) is 17.8. The lowest BCUT2D eigenvalue weighted by Gasteiger charge is -2.28. The van der Waals surface area contributed by atoms with Crippen LogP contribution in [-0.4, -0.2) is 68.3 Å². The van der Waals surface area contributed by atoms with E-state index in [4.69, 9.17) is 4.74 Å². The van der Waals surface area contributed by atoms with Crippen LogP contribution in [0.2, 0.25) is 0 Å². The first-order chi connectivity index (χ1) is 13.3. The highest BCUT2D eigenvalue weighted by atomic mass is 32.2. The van der Waals surface area contributed by atoms with Crippen molar-refractivity contribution in [3.8, 4) is 0 Å². The second-order valence-corrected chi connectivity index (χ2v) is 9.68. The average molecular weight is 431 g/mol. The van der Waals surface area contributed by atoms with Gasteiger partial charge in [-0.15, -0.1) is 0 Å². The molecule has 1 unspecified atom stereocenters. The van der Waals surface area contributed by atoms with Crippen molar-refractivity contribution >= 4 is 39.0 Å². The molecular formula is C18H26N2O6S2. The number of hydrogen-bond acceptors (Lipinski definition) is 7. The van der Waals surface area contributed by atoms with Gasteiger partial charge in [-0.25, -0.2) is 8.42 Å². The number of nitrogens with zero attached hydrogens (tertiary/aromatic N) is 1. The minimum Gasteiger partial charge on any atom is -0.456 e. The summed E-state index contributed by atoms with van der Waals surface area (Å²) in [6, 6.07) is 1.33. The smallest absolute Gasteiger partial charge is 0.308 e. The van der Waals surface area contributed by atoms with Crippen molar-refractivity contribution in [3.05, 3.63) is 22.4 Å². The second-order valence-electron chi connectivity index (χ2n) is 6.68. The fourth-order valence-corrected chi connectivity index (χ4v) is 5.30. The summed E-state index contributed by atoms with van der Waals surface area (Å²) >= 11 is 1.41. The number of sulfone groups is 1. The molecule has 0 spiro atoms. The lowest BCUT2D eigenvalue weighted by molar-refractivity contribution is -0.152. The number of amides is 2. The third kappa shape index (κ3) is 6.90.